The monoisotopic (exact) mass is 384 g/mol. The first-order chi connectivity index (χ1) is 14.3. The van der Waals surface area contributed by atoms with Gasteiger partial charge in [-0.15, -0.1) is 0 Å². The van der Waals surface area contributed by atoms with Crippen LogP contribution in [0.2, 0.25) is 0 Å². The van der Waals surface area contributed by atoms with Gasteiger partial charge < -0.3 is 4.74 Å². The topological polar surface area (TPSA) is 35.0 Å². The summed E-state index contributed by atoms with van der Waals surface area (Å²) in [4.78, 5) is 9.81. The molecule has 0 N–H and O–H groups in total. The summed E-state index contributed by atoms with van der Waals surface area (Å²) in [6.45, 7) is 4.39. The van der Waals surface area contributed by atoms with Crippen LogP contribution >= 0.6 is 0 Å². The van der Waals surface area contributed by atoms with Crippen LogP contribution in [0.25, 0.3) is 21.8 Å². The van der Waals surface area contributed by atoms with E-state index in [1.54, 1.807) is 0 Å². The number of hydrogen-bond acceptors (Lipinski definition) is 3. The number of ether oxygens (including phenoxy) is 1. The molecule has 0 aliphatic rings. The molecule has 2 aromatic carbocycles. The predicted molar refractivity (Wildman–Crippen MR) is 120 cm³/mol. The van der Waals surface area contributed by atoms with E-state index in [1.807, 2.05) is 24.3 Å². The van der Waals surface area contributed by atoms with Crippen molar-refractivity contribution in [2.45, 2.75) is 51.7 Å². The summed E-state index contributed by atoms with van der Waals surface area (Å²) in [6.07, 6.45) is 3.91. The van der Waals surface area contributed by atoms with Crippen LogP contribution < -0.4 is 0 Å². The van der Waals surface area contributed by atoms with E-state index in [2.05, 4.69) is 62.4 Å². The van der Waals surface area contributed by atoms with Crippen LogP contribution in [-0.4, -0.2) is 9.97 Å². The van der Waals surface area contributed by atoms with Crippen LogP contribution in [0.1, 0.15) is 63.1 Å². The van der Waals surface area contributed by atoms with Gasteiger partial charge in [0.05, 0.1) is 22.4 Å². The molecule has 0 spiro atoms. The maximum absolute atomic E-state index is 6.68. The van der Waals surface area contributed by atoms with Crippen molar-refractivity contribution < 1.29 is 4.74 Å². The van der Waals surface area contributed by atoms with Crippen molar-refractivity contribution in [1.82, 2.24) is 9.97 Å². The number of fused-ring (bicyclic) bond motifs is 2. The van der Waals surface area contributed by atoms with Crippen molar-refractivity contribution >= 4 is 21.8 Å². The molecule has 0 aliphatic heterocycles. The van der Waals surface area contributed by atoms with Gasteiger partial charge in [0.25, 0.3) is 0 Å². The summed E-state index contributed by atoms with van der Waals surface area (Å²) in [5.41, 5.74) is 4.05. The van der Waals surface area contributed by atoms with Crippen LogP contribution in [0.4, 0.5) is 0 Å². The third-order valence-electron chi connectivity index (χ3n) is 5.33. The van der Waals surface area contributed by atoms with Gasteiger partial charge in [0, 0.05) is 10.8 Å². The Morgan fingerprint density at radius 1 is 0.621 bits per heavy atom. The zero-order valence-electron chi connectivity index (χ0n) is 17.2. The van der Waals surface area contributed by atoms with Gasteiger partial charge in [-0.2, -0.15) is 0 Å². The molecule has 4 rings (SSSR count). The molecule has 0 amide bonds. The lowest BCUT2D eigenvalue weighted by Gasteiger charge is -2.24. The Morgan fingerprint density at radius 2 is 1.07 bits per heavy atom. The fraction of sp³-hybridized carbons (Fsp3) is 0.308. The molecule has 2 heterocycles. The molecule has 0 bridgehead atoms. The Labute approximate surface area is 172 Å². The van der Waals surface area contributed by atoms with Crippen molar-refractivity contribution in [3.63, 3.8) is 0 Å². The van der Waals surface area contributed by atoms with Gasteiger partial charge >= 0.3 is 0 Å². The molecule has 0 saturated carbocycles. The Balaban J connectivity index is 1.65. The zero-order chi connectivity index (χ0) is 20.1. The number of aromatic nitrogens is 2. The highest BCUT2D eigenvalue weighted by molar-refractivity contribution is 5.79. The van der Waals surface area contributed by atoms with E-state index in [0.29, 0.717) is 0 Å². The number of rotatable bonds is 8. The Morgan fingerprint density at radius 3 is 1.52 bits per heavy atom. The smallest absolute Gasteiger partial charge is 0.100 e. The Kier molecular flexibility index (Phi) is 6.16. The molecular weight excluding hydrogens is 356 g/mol. The van der Waals surface area contributed by atoms with Gasteiger partial charge in [-0.1, -0.05) is 75.2 Å². The highest BCUT2D eigenvalue weighted by Crippen LogP contribution is 2.32. The molecule has 3 heteroatoms. The summed E-state index contributed by atoms with van der Waals surface area (Å²) in [5, 5.41) is 2.32. The van der Waals surface area contributed by atoms with Crippen LogP contribution in [0.3, 0.4) is 0 Å². The van der Waals surface area contributed by atoms with E-state index < -0.39 is 0 Å². The highest BCUT2D eigenvalue weighted by Gasteiger charge is 2.21. The van der Waals surface area contributed by atoms with Gasteiger partial charge in [-0.3, -0.25) is 9.97 Å². The number of benzene rings is 2. The molecular formula is C26H28N2O. The van der Waals surface area contributed by atoms with Crippen LogP contribution in [0.15, 0.2) is 72.8 Å². The maximum atomic E-state index is 6.68. The molecule has 2 unspecified atom stereocenters. The summed E-state index contributed by atoms with van der Waals surface area (Å²) in [5.74, 6) is 0. The van der Waals surface area contributed by atoms with Gasteiger partial charge in [-0.25, -0.2) is 0 Å². The van der Waals surface area contributed by atoms with Crippen LogP contribution in [-0.2, 0) is 4.74 Å². The summed E-state index contributed by atoms with van der Waals surface area (Å²) >= 11 is 0. The fourth-order valence-corrected chi connectivity index (χ4v) is 3.82. The van der Waals surface area contributed by atoms with Crippen molar-refractivity contribution in [1.29, 1.82) is 0 Å². The average Bonchev–Trinajstić information content (AvgIpc) is 2.77. The van der Waals surface area contributed by atoms with Gasteiger partial charge in [-0.05, 0) is 37.1 Å². The minimum atomic E-state index is -0.0329. The Bertz CT molecular complexity index is 1000. The van der Waals surface area contributed by atoms with Gasteiger partial charge in [0.2, 0.25) is 0 Å². The van der Waals surface area contributed by atoms with Gasteiger partial charge in [0.15, 0.2) is 0 Å². The molecule has 0 saturated heterocycles. The lowest BCUT2D eigenvalue weighted by atomic mass is 10.1. The zero-order valence-corrected chi connectivity index (χ0v) is 17.2. The normalized spacial score (nSPS) is 13.6. The fourth-order valence-electron chi connectivity index (χ4n) is 3.82. The van der Waals surface area contributed by atoms with Crippen molar-refractivity contribution in [2.75, 3.05) is 0 Å². The molecule has 4 aromatic rings. The average molecular weight is 385 g/mol. The quantitative estimate of drug-likeness (QED) is 0.323. The summed E-state index contributed by atoms with van der Waals surface area (Å²) in [6, 6.07) is 25.0. The lowest BCUT2D eigenvalue weighted by Crippen LogP contribution is -2.13. The molecule has 0 fully saturated rings. The van der Waals surface area contributed by atoms with Crippen LogP contribution in [0, 0.1) is 0 Å². The van der Waals surface area contributed by atoms with Crippen molar-refractivity contribution in [2.24, 2.45) is 0 Å². The van der Waals surface area contributed by atoms with E-state index >= 15 is 0 Å². The number of para-hydroxylation sites is 2. The van der Waals surface area contributed by atoms with E-state index in [9.17, 15) is 0 Å². The third-order valence-corrected chi connectivity index (χ3v) is 5.33. The third kappa shape index (κ3) is 4.46. The lowest BCUT2D eigenvalue weighted by molar-refractivity contribution is -0.0286. The van der Waals surface area contributed by atoms with Crippen LogP contribution in [0.5, 0.6) is 0 Å². The first-order valence-electron chi connectivity index (χ1n) is 10.6. The minimum Gasteiger partial charge on any atom is -0.362 e. The second kappa shape index (κ2) is 9.15. The molecule has 0 aliphatic carbocycles. The molecule has 2 aromatic heterocycles. The Hall–Kier alpha value is -2.78. The standard InChI is InChI=1S/C26H28N2O/c1-3-9-25(23-17-15-19-11-5-7-13-21(19)27-23)29-26(10-4-2)24-18-16-20-12-6-8-14-22(20)28-24/h5-8,11-18,25-26H,3-4,9-10H2,1-2H3. The summed E-state index contributed by atoms with van der Waals surface area (Å²) < 4.78 is 6.68. The van der Waals surface area contributed by atoms with Crippen molar-refractivity contribution in [3.05, 3.63) is 84.2 Å². The summed E-state index contributed by atoms with van der Waals surface area (Å²) in [7, 11) is 0. The molecule has 148 valence electrons. The highest BCUT2D eigenvalue weighted by atomic mass is 16.5. The molecule has 3 nitrogen and oxygen atoms in total. The van der Waals surface area contributed by atoms with Gasteiger partial charge in [0.1, 0.15) is 12.2 Å². The minimum absolute atomic E-state index is 0.0329. The van der Waals surface area contributed by atoms with Crippen molar-refractivity contribution in [3.8, 4) is 0 Å². The largest absolute Gasteiger partial charge is 0.362 e. The van der Waals surface area contributed by atoms with E-state index in [-0.39, 0.29) is 12.2 Å². The predicted octanol–water partition coefficient (Wildman–Crippen LogP) is 7.18. The first-order valence-corrected chi connectivity index (χ1v) is 10.6. The second-order valence-electron chi connectivity index (χ2n) is 7.55. The second-order valence-corrected chi connectivity index (χ2v) is 7.55. The number of pyridine rings is 2. The number of nitrogens with zero attached hydrogens (tertiary/aromatic N) is 2. The van der Waals surface area contributed by atoms with E-state index in [0.717, 1.165) is 58.9 Å². The molecule has 29 heavy (non-hydrogen) atoms. The van der Waals surface area contributed by atoms with E-state index in [1.165, 1.54) is 0 Å². The SMILES string of the molecule is CCCC(OC(CCC)c1ccc2ccccc2n1)c1ccc2ccccc2n1. The first kappa shape index (κ1) is 19.5. The maximum Gasteiger partial charge on any atom is 0.100 e. The van der Waals surface area contributed by atoms with E-state index in [4.69, 9.17) is 14.7 Å². The molecule has 2 atom stereocenters. The number of hydrogen-bond donors (Lipinski definition) is 0. The molecule has 0 radical (unpaired) electrons.